The first kappa shape index (κ1) is 9.44. The van der Waals surface area contributed by atoms with Crippen molar-refractivity contribution in [1.82, 2.24) is 9.97 Å². The lowest BCUT2D eigenvalue weighted by Crippen LogP contribution is -2.24. The molecule has 0 unspecified atom stereocenters. The molecule has 1 aromatic rings. The van der Waals surface area contributed by atoms with Gasteiger partial charge in [-0.2, -0.15) is 4.98 Å². The fourth-order valence-electron chi connectivity index (χ4n) is 1.28. The molecular weight excluding hydrogens is 176 g/mol. The molecule has 1 aliphatic rings. The molecular formula is C11H16N2O. The van der Waals surface area contributed by atoms with Gasteiger partial charge in [0, 0.05) is 12.1 Å². The second kappa shape index (κ2) is 3.23. The zero-order chi connectivity index (χ0) is 10.2. The molecule has 2 rings (SSSR count). The number of hydrogen-bond acceptors (Lipinski definition) is 3. The maximum Gasteiger partial charge on any atom is 0.317 e. The average Bonchev–Trinajstić information content (AvgIpc) is 2.83. The lowest BCUT2D eigenvalue weighted by molar-refractivity contribution is 0.116. The first-order valence-corrected chi connectivity index (χ1v) is 5.06. The van der Waals surface area contributed by atoms with E-state index in [-0.39, 0.29) is 5.60 Å². The molecule has 0 atom stereocenters. The lowest BCUT2D eigenvalue weighted by atomic mass is 10.2. The summed E-state index contributed by atoms with van der Waals surface area (Å²) < 4.78 is 5.60. The van der Waals surface area contributed by atoms with Crippen molar-refractivity contribution >= 4 is 0 Å². The predicted molar refractivity (Wildman–Crippen MR) is 54.4 cm³/mol. The SMILES string of the molecule is CC(C)(C)Oc1nccc(C2CC2)n1. The van der Waals surface area contributed by atoms with Crippen LogP contribution in [0.3, 0.4) is 0 Å². The molecule has 0 spiro atoms. The summed E-state index contributed by atoms with van der Waals surface area (Å²) in [5.41, 5.74) is 0.904. The zero-order valence-electron chi connectivity index (χ0n) is 8.95. The number of aromatic nitrogens is 2. The molecule has 1 aromatic heterocycles. The highest BCUT2D eigenvalue weighted by Crippen LogP contribution is 2.39. The Kier molecular flexibility index (Phi) is 2.17. The van der Waals surface area contributed by atoms with Crippen molar-refractivity contribution in [3.63, 3.8) is 0 Å². The fourth-order valence-corrected chi connectivity index (χ4v) is 1.28. The first-order valence-electron chi connectivity index (χ1n) is 5.06. The minimum Gasteiger partial charge on any atom is -0.458 e. The maximum atomic E-state index is 5.60. The third-order valence-electron chi connectivity index (χ3n) is 2.05. The quantitative estimate of drug-likeness (QED) is 0.722. The highest BCUT2D eigenvalue weighted by atomic mass is 16.5. The van der Waals surface area contributed by atoms with E-state index in [2.05, 4.69) is 9.97 Å². The largest absolute Gasteiger partial charge is 0.458 e. The van der Waals surface area contributed by atoms with Crippen LogP contribution >= 0.6 is 0 Å². The Labute approximate surface area is 84.5 Å². The van der Waals surface area contributed by atoms with Gasteiger partial charge in [0.1, 0.15) is 5.60 Å². The molecule has 1 saturated carbocycles. The summed E-state index contributed by atoms with van der Waals surface area (Å²) in [7, 11) is 0. The van der Waals surface area contributed by atoms with Gasteiger partial charge < -0.3 is 4.74 Å². The third-order valence-corrected chi connectivity index (χ3v) is 2.05. The van der Waals surface area contributed by atoms with Gasteiger partial charge in [0.2, 0.25) is 0 Å². The van der Waals surface area contributed by atoms with Gasteiger partial charge in [0.25, 0.3) is 0 Å². The second-order valence-corrected chi connectivity index (χ2v) is 4.75. The van der Waals surface area contributed by atoms with Gasteiger partial charge >= 0.3 is 6.01 Å². The molecule has 0 saturated heterocycles. The minimum atomic E-state index is -0.220. The van der Waals surface area contributed by atoms with Crippen molar-refractivity contribution in [3.8, 4) is 6.01 Å². The van der Waals surface area contributed by atoms with Crippen LogP contribution < -0.4 is 4.74 Å². The Morgan fingerprint density at radius 3 is 2.64 bits per heavy atom. The highest BCUT2D eigenvalue weighted by molar-refractivity contribution is 5.15. The van der Waals surface area contributed by atoms with E-state index in [4.69, 9.17) is 4.74 Å². The van der Waals surface area contributed by atoms with E-state index in [1.165, 1.54) is 12.8 Å². The van der Waals surface area contributed by atoms with Gasteiger partial charge in [-0.15, -0.1) is 0 Å². The number of nitrogens with zero attached hydrogens (tertiary/aromatic N) is 2. The number of ether oxygens (including phenoxy) is 1. The Morgan fingerprint density at radius 2 is 2.07 bits per heavy atom. The van der Waals surface area contributed by atoms with Gasteiger partial charge in [0.15, 0.2) is 0 Å². The van der Waals surface area contributed by atoms with E-state index in [0.717, 1.165) is 5.69 Å². The van der Waals surface area contributed by atoms with E-state index < -0.39 is 0 Å². The molecule has 3 nitrogen and oxygen atoms in total. The molecule has 3 heteroatoms. The van der Waals surface area contributed by atoms with Gasteiger partial charge in [-0.05, 0) is 39.7 Å². The molecule has 0 radical (unpaired) electrons. The molecule has 1 heterocycles. The second-order valence-electron chi connectivity index (χ2n) is 4.75. The molecule has 0 amide bonds. The normalized spacial score (nSPS) is 16.8. The maximum absolute atomic E-state index is 5.60. The van der Waals surface area contributed by atoms with Crippen molar-refractivity contribution in [3.05, 3.63) is 18.0 Å². The van der Waals surface area contributed by atoms with Crippen LogP contribution in [0.1, 0.15) is 45.2 Å². The van der Waals surface area contributed by atoms with Crippen molar-refractivity contribution in [2.45, 2.75) is 45.1 Å². The van der Waals surface area contributed by atoms with Crippen LogP contribution in [-0.2, 0) is 0 Å². The fraction of sp³-hybridized carbons (Fsp3) is 0.636. The van der Waals surface area contributed by atoms with Gasteiger partial charge in [-0.1, -0.05) is 0 Å². The van der Waals surface area contributed by atoms with E-state index in [1.807, 2.05) is 26.8 Å². The highest BCUT2D eigenvalue weighted by Gasteiger charge is 2.25. The summed E-state index contributed by atoms with van der Waals surface area (Å²) in [6.07, 6.45) is 4.29. The molecule has 0 bridgehead atoms. The van der Waals surface area contributed by atoms with Crippen molar-refractivity contribution in [2.75, 3.05) is 0 Å². The Morgan fingerprint density at radius 1 is 1.36 bits per heavy atom. The smallest absolute Gasteiger partial charge is 0.317 e. The summed E-state index contributed by atoms with van der Waals surface area (Å²) in [5.74, 6) is 0.653. The molecule has 0 N–H and O–H groups in total. The summed E-state index contributed by atoms with van der Waals surface area (Å²) in [5, 5.41) is 0. The minimum absolute atomic E-state index is 0.220. The van der Waals surface area contributed by atoms with E-state index in [9.17, 15) is 0 Å². The van der Waals surface area contributed by atoms with Crippen LogP contribution in [0.25, 0.3) is 0 Å². The third kappa shape index (κ3) is 2.44. The van der Waals surface area contributed by atoms with Gasteiger partial charge in [0.05, 0.1) is 5.69 Å². The van der Waals surface area contributed by atoms with Crippen molar-refractivity contribution in [1.29, 1.82) is 0 Å². The van der Waals surface area contributed by atoms with Crippen LogP contribution in [0, 0.1) is 0 Å². The summed E-state index contributed by atoms with van der Waals surface area (Å²) in [6.45, 7) is 6.00. The average molecular weight is 192 g/mol. The van der Waals surface area contributed by atoms with Crippen LogP contribution in [0.15, 0.2) is 12.3 Å². The Balaban J connectivity index is 2.13. The van der Waals surface area contributed by atoms with Crippen LogP contribution in [0.4, 0.5) is 0 Å². The van der Waals surface area contributed by atoms with E-state index >= 15 is 0 Å². The van der Waals surface area contributed by atoms with E-state index in [0.29, 0.717) is 11.9 Å². The monoisotopic (exact) mass is 192 g/mol. The topological polar surface area (TPSA) is 35.0 Å². The molecule has 0 aliphatic heterocycles. The number of hydrogen-bond donors (Lipinski definition) is 0. The first-order chi connectivity index (χ1) is 6.54. The molecule has 1 aliphatic carbocycles. The van der Waals surface area contributed by atoms with Crippen LogP contribution in [0.5, 0.6) is 6.01 Å². The summed E-state index contributed by atoms with van der Waals surface area (Å²) in [4.78, 5) is 8.49. The van der Waals surface area contributed by atoms with Crippen LogP contribution in [0.2, 0.25) is 0 Å². The lowest BCUT2D eigenvalue weighted by Gasteiger charge is -2.19. The molecule has 0 aromatic carbocycles. The Bertz CT molecular complexity index is 326. The Hall–Kier alpha value is -1.12. The van der Waals surface area contributed by atoms with Gasteiger partial charge in [-0.25, -0.2) is 4.98 Å². The standard InChI is InChI=1S/C11H16N2O/c1-11(2,3)14-10-12-7-6-9(13-10)8-4-5-8/h6-8H,4-5H2,1-3H3. The zero-order valence-corrected chi connectivity index (χ0v) is 8.95. The number of rotatable bonds is 2. The predicted octanol–water partition coefficient (Wildman–Crippen LogP) is 2.53. The van der Waals surface area contributed by atoms with Gasteiger partial charge in [-0.3, -0.25) is 0 Å². The molecule has 76 valence electrons. The summed E-state index contributed by atoms with van der Waals surface area (Å²) in [6, 6.07) is 2.48. The van der Waals surface area contributed by atoms with Crippen LogP contribution in [-0.4, -0.2) is 15.6 Å². The molecule has 14 heavy (non-hydrogen) atoms. The molecule has 1 fully saturated rings. The van der Waals surface area contributed by atoms with E-state index in [1.54, 1.807) is 6.20 Å². The van der Waals surface area contributed by atoms with Crippen molar-refractivity contribution < 1.29 is 4.74 Å². The summed E-state index contributed by atoms with van der Waals surface area (Å²) >= 11 is 0. The van der Waals surface area contributed by atoms with Crippen molar-refractivity contribution in [2.24, 2.45) is 0 Å².